The van der Waals surface area contributed by atoms with Crippen LogP contribution in [0.1, 0.15) is 6.42 Å². The van der Waals surface area contributed by atoms with Crippen LogP contribution in [0.25, 0.3) is 0 Å². The topological polar surface area (TPSA) is 30.9 Å². The van der Waals surface area contributed by atoms with Gasteiger partial charge in [-0.05, 0) is 27.1 Å². The number of rotatable bonds is 7. The molecule has 0 saturated carbocycles. The molecule has 0 heterocycles. The normalized spacial score (nSPS) is 11.6. The Labute approximate surface area is 98.7 Å². The van der Waals surface area contributed by atoms with Gasteiger partial charge in [-0.15, -0.1) is 17.0 Å². The van der Waals surface area contributed by atoms with Crippen molar-refractivity contribution in [1.29, 1.82) is 0 Å². The van der Waals surface area contributed by atoms with Crippen molar-refractivity contribution in [3.05, 3.63) is 0 Å². The molecular formula is C8H22BrNO3Si. The molecule has 6 heteroatoms. The second-order valence-corrected chi connectivity index (χ2v) is 6.29. The van der Waals surface area contributed by atoms with E-state index in [-0.39, 0.29) is 17.0 Å². The maximum Gasteiger partial charge on any atom is 0.500 e. The van der Waals surface area contributed by atoms with Gasteiger partial charge in [-0.1, -0.05) is 0 Å². The minimum atomic E-state index is -2.31. The quantitative estimate of drug-likeness (QED) is 0.663. The van der Waals surface area contributed by atoms with Crippen LogP contribution in [0.5, 0.6) is 0 Å². The summed E-state index contributed by atoms with van der Waals surface area (Å²) in [4.78, 5) is 2.14. The highest BCUT2D eigenvalue weighted by Gasteiger charge is 2.36. The molecule has 0 aromatic rings. The average molecular weight is 288 g/mol. The fraction of sp³-hybridized carbons (Fsp3) is 1.00. The summed E-state index contributed by atoms with van der Waals surface area (Å²) in [6.45, 7) is 1.03. The maximum absolute atomic E-state index is 5.29. The second-order valence-electron chi connectivity index (χ2n) is 3.20. The summed E-state index contributed by atoms with van der Waals surface area (Å²) < 4.78 is 15.9. The van der Waals surface area contributed by atoms with Crippen LogP contribution in [0, 0.1) is 0 Å². The Hall–Kier alpha value is 0.537. The number of hydrogen-bond acceptors (Lipinski definition) is 4. The highest BCUT2D eigenvalue weighted by atomic mass is 79.9. The summed E-state index contributed by atoms with van der Waals surface area (Å²) in [6.07, 6.45) is 1.04. The van der Waals surface area contributed by atoms with Crippen molar-refractivity contribution in [3.63, 3.8) is 0 Å². The lowest BCUT2D eigenvalue weighted by Crippen LogP contribution is -2.43. The van der Waals surface area contributed by atoms with E-state index in [2.05, 4.69) is 19.0 Å². The maximum atomic E-state index is 5.29. The Bertz CT molecular complexity index is 125. The molecule has 0 aliphatic carbocycles. The first kappa shape index (κ1) is 16.9. The van der Waals surface area contributed by atoms with Crippen LogP contribution >= 0.6 is 17.0 Å². The number of halogens is 1. The number of nitrogens with zero attached hydrogens (tertiary/aromatic N) is 1. The molecule has 4 nitrogen and oxygen atoms in total. The lowest BCUT2D eigenvalue weighted by molar-refractivity contribution is 0.122. The van der Waals surface area contributed by atoms with Gasteiger partial charge >= 0.3 is 8.80 Å². The molecule has 0 aromatic carbocycles. The lowest BCUT2D eigenvalue weighted by atomic mass is 10.5. The van der Waals surface area contributed by atoms with Gasteiger partial charge in [-0.25, -0.2) is 0 Å². The van der Waals surface area contributed by atoms with Gasteiger partial charge in [0.1, 0.15) is 0 Å². The average Bonchev–Trinajstić information content (AvgIpc) is 2.13. The van der Waals surface area contributed by atoms with Gasteiger partial charge in [-0.2, -0.15) is 0 Å². The zero-order chi connectivity index (χ0) is 10.3. The molecular weight excluding hydrogens is 266 g/mol. The summed E-state index contributed by atoms with van der Waals surface area (Å²) in [5.74, 6) is 0. The van der Waals surface area contributed by atoms with Crippen LogP contribution in [0.4, 0.5) is 0 Å². The van der Waals surface area contributed by atoms with Gasteiger partial charge in [0.05, 0.1) is 0 Å². The Morgan fingerprint density at radius 1 is 1.00 bits per heavy atom. The molecule has 0 aromatic heterocycles. The van der Waals surface area contributed by atoms with E-state index >= 15 is 0 Å². The van der Waals surface area contributed by atoms with Gasteiger partial charge in [-0.3, -0.25) is 0 Å². The molecule has 0 aliphatic heterocycles. The first-order valence-electron chi connectivity index (χ1n) is 4.40. The molecule has 0 aliphatic rings. The van der Waals surface area contributed by atoms with E-state index in [0.717, 1.165) is 19.0 Å². The summed E-state index contributed by atoms with van der Waals surface area (Å²) >= 11 is 0. The van der Waals surface area contributed by atoms with E-state index in [9.17, 15) is 0 Å². The summed E-state index contributed by atoms with van der Waals surface area (Å²) in [5, 5.41) is 0. The van der Waals surface area contributed by atoms with Crippen molar-refractivity contribution in [2.24, 2.45) is 0 Å². The third-order valence-electron chi connectivity index (χ3n) is 2.02. The predicted molar refractivity (Wildman–Crippen MR) is 65.1 cm³/mol. The minimum absolute atomic E-state index is 0. The van der Waals surface area contributed by atoms with Gasteiger partial charge in [0.2, 0.25) is 0 Å². The van der Waals surface area contributed by atoms with Crippen LogP contribution in [-0.2, 0) is 13.3 Å². The van der Waals surface area contributed by atoms with Crippen molar-refractivity contribution >= 4 is 25.8 Å². The highest BCUT2D eigenvalue weighted by Crippen LogP contribution is 2.14. The van der Waals surface area contributed by atoms with E-state index in [1.807, 2.05) is 0 Å². The van der Waals surface area contributed by atoms with Crippen LogP contribution < -0.4 is 0 Å². The summed E-state index contributed by atoms with van der Waals surface area (Å²) in [7, 11) is 6.73. The molecule has 0 bridgehead atoms. The smallest absolute Gasteiger partial charge is 0.377 e. The lowest BCUT2D eigenvalue weighted by Gasteiger charge is -2.24. The van der Waals surface area contributed by atoms with E-state index in [1.165, 1.54) is 0 Å². The summed E-state index contributed by atoms with van der Waals surface area (Å²) in [6, 6.07) is 0.870. The molecule has 0 N–H and O–H groups in total. The van der Waals surface area contributed by atoms with Crippen LogP contribution in [0.2, 0.25) is 6.04 Å². The van der Waals surface area contributed by atoms with Crippen molar-refractivity contribution in [2.75, 3.05) is 42.0 Å². The second kappa shape index (κ2) is 8.81. The van der Waals surface area contributed by atoms with Crippen molar-refractivity contribution in [3.8, 4) is 0 Å². The first-order chi connectivity index (χ1) is 6.10. The Morgan fingerprint density at radius 2 is 1.43 bits per heavy atom. The van der Waals surface area contributed by atoms with Gasteiger partial charge in [0.15, 0.2) is 0 Å². The molecule has 0 rings (SSSR count). The minimum Gasteiger partial charge on any atom is -0.377 e. The SMILES string of the molecule is Br.CO[Si](CCCN(C)C)(OC)OC. The highest BCUT2D eigenvalue weighted by molar-refractivity contribution is 8.93. The molecule has 0 saturated heterocycles. The Kier molecular flexibility index (Phi) is 10.7. The monoisotopic (exact) mass is 287 g/mol. The van der Waals surface area contributed by atoms with Crippen LogP contribution in [0.15, 0.2) is 0 Å². The molecule has 14 heavy (non-hydrogen) atoms. The van der Waals surface area contributed by atoms with Gasteiger partial charge in [0, 0.05) is 27.4 Å². The number of hydrogen-bond donors (Lipinski definition) is 0. The Morgan fingerprint density at radius 3 is 1.71 bits per heavy atom. The molecule has 0 unspecified atom stereocenters. The fourth-order valence-electron chi connectivity index (χ4n) is 1.17. The van der Waals surface area contributed by atoms with Crippen LogP contribution in [0.3, 0.4) is 0 Å². The molecule has 0 fully saturated rings. The van der Waals surface area contributed by atoms with Gasteiger partial charge in [0.25, 0.3) is 0 Å². The molecule has 0 amide bonds. The molecule has 0 atom stereocenters. The Balaban J connectivity index is 0. The van der Waals surface area contributed by atoms with Crippen molar-refractivity contribution < 1.29 is 13.3 Å². The van der Waals surface area contributed by atoms with Crippen molar-refractivity contribution in [2.45, 2.75) is 12.5 Å². The molecule has 88 valence electrons. The zero-order valence-corrected chi connectivity index (χ0v) is 12.4. The van der Waals surface area contributed by atoms with E-state index < -0.39 is 8.80 Å². The fourth-order valence-corrected chi connectivity index (χ4v) is 2.87. The predicted octanol–water partition coefficient (Wildman–Crippen LogP) is 1.39. The molecule has 0 spiro atoms. The van der Waals surface area contributed by atoms with E-state index in [4.69, 9.17) is 13.3 Å². The van der Waals surface area contributed by atoms with E-state index in [0.29, 0.717) is 0 Å². The van der Waals surface area contributed by atoms with Crippen LogP contribution in [-0.4, -0.2) is 55.7 Å². The third kappa shape index (κ3) is 6.10. The first-order valence-corrected chi connectivity index (χ1v) is 6.33. The zero-order valence-electron chi connectivity index (χ0n) is 9.70. The van der Waals surface area contributed by atoms with Gasteiger partial charge < -0.3 is 18.2 Å². The summed E-state index contributed by atoms with van der Waals surface area (Å²) in [5.41, 5.74) is 0. The largest absolute Gasteiger partial charge is 0.500 e. The van der Waals surface area contributed by atoms with Crippen molar-refractivity contribution in [1.82, 2.24) is 4.90 Å². The third-order valence-corrected chi connectivity index (χ3v) is 4.85. The van der Waals surface area contributed by atoms with E-state index in [1.54, 1.807) is 21.3 Å². The standard InChI is InChI=1S/C8H21NO3Si.BrH/c1-9(2)7-6-8-13(10-3,11-4)12-5;/h6-8H2,1-5H3;1H. The molecule has 0 radical (unpaired) electrons.